The van der Waals surface area contributed by atoms with Crippen molar-refractivity contribution in [3.05, 3.63) is 35.9 Å². The van der Waals surface area contributed by atoms with Crippen LogP contribution < -0.4 is 10.6 Å². The molecular weight excluding hydrogens is 356 g/mol. The largest absolute Gasteiger partial charge is 0.342 e. The Balaban J connectivity index is 1.32. The molecule has 150 valence electrons. The lowest BCUT2D eigenvalue weighted by molar-refractivity contribution is -0.143. The van der Waals surface area contributed by atoms with Crippen molar-refractivity contribution in [1.82, 2.24) is 20.4 Å². The summed E-state index contributed by atoms with van der Waals surface area (Å²) in [6.07, 6.45) is 4.23. The normalized spacial score (nSPS) is 24.2. The number of benzene rings is 1. The van der Waals surface area contributed by atoms with Crippen molar-refractivity contribution in [3.63, 3.8) is 0 Å². The number of nitrogens with one attached hydrogen (secondary N) is 2. The molecule has 7 heteroatoms. The minimum Gasteiger partial charge on any atom is -0.342 e. The van der Waals surface area contributed by atoms with Gasteiger partial charge in [0.2, 0.25) is 11.8 Å². The molecule has 3 aliphatic heterocycles. The van der Waals surface area contributed by atoms with Crippen LogP contribution in [-0.4, -0.2) is 66.4 Å². The van der Waals surface area contributed by atoms with Crippen molar-refractivity contribution in [2.75, 3.05) is 32.7 Å². The Hall–Kier alpha value is -2.57. The van der Waals surface area contributed by atoms with Gasteiger partial charge in [-0.1, -0.05) is 30.3 Å². The third-order valence-electron chi connectivity index (χ3n) is 6.47. The molecule has 3 aliphatic rings. The predicted molar refractivity (Wildman–Crippen MR) is 105 cm³/mol. The average molecular weight is 384 g/mol. The zero-order chi connectivity index (χ0) is 19.6. The fraction of sp³-hybridized carbons (Fsp3) is 0.571. The number of piperidine rings is 2. The van der Waals surface area contributed by atoms with E-state index in [-0.39, 0.29) is 23.3 Å². The fourth-order valence-electron chi connectivity index (χ4n) is 4.65. The number of hydrogen-bond donors (Lipinski definition) is 2. The molecule has 2 N–H and O–H groups in total. The molecule has 0 aromatic heterocycles. The van der Waals surface area contributed by atoms with Crippen molar-refractivity contribution in [2.24, 2.45) is 5.41 Å². The maximum atomic E-state index is 12.6. The molecule has 0 bridgehead atoms. The number of nitrogens with zero attached hydrogens (tertiary/aromatic N) is 2. The Labute approximate surface area is 165 Å². The standard InChI is InChI=1S/C21H28N4O3/c26-18-6-8-21(15-25(18)11-7-16-4-2-1-3-5-16)9-12-24(13-10-21)19(27)17-14-22-20(28)23-17/h1-5,17H,6-15H2,(H2,22,23,28). The van der Waals surface area contributed by atoms with Gasteiger partial charge in [-0.25, -0.2) is 4.79 Å². The summed E-state index contributed by atoms with van der Waals surface area (Å²) in [7, 11) is 0. The Kier molecular flexibility index (Phi) is 5.24. The molecule has 7 nitrogen and oxygen atoms in total. The van der Waals surface area contributed by atoms with Crippen molar-refractivity contribution >= 4 is 17.8 Å². The highest BCUT2D eigenvalue weighted by molar-refractivity contribution is 5.90. The molecule has 1 aromatic carbocycles. The number of urea groups is 1. The molecule has 0 aliphatic carbocycles. The van der Waals surface area contributed by atoms with E-state index in [1.54, 1.807) is 0 Å². The zero-order valence-electron chi connectivity index (χ0n) is 16.2. The van der Waals surface area contributed by atoms with Crippen LogP contribution >= 0.6 is 0 Å². The van der Waals surface area contributed by atoms with E-state index in [1.807, 2.05) is 28.0 Å². The first-order chi connectivity index (χ1) is 13.5. The number of carbonyl (C=O) groups excluding carboxylic acids is 3. The minimum absolute atomic E-state index is 0.000944. The topological polar surface area (TPSA) is 81.8 Å². The first-order valence-electron chi connectivity index (χ1n) is 10.2. The summed E-state index contributed by atoms with van der Waals surface area (Å²) in [5.74, 6) is 0.251. The summed E-state index contributed by atoms with van der Waals surface area (Å²) >= 11 is 0. The maximum Gasteiger partial charge on any atom is 0.315 e. The van der Waals surface area contributed by atoms with Gasteiger partial charge in [0.25, 0.3) is 0 Å². The second-order valence-corrected chi connectivity index (χ2v) is 8.28. The lowest BCUT2D eigenvalue weighted by atomic mass is 9.72. The van der Waals surface area contributed by atoms with Crippen LogP contribution in [-0.2, 0) is 16.0 Å². The third kappa shape index (κ3) is 3.98. The van der Waals surface area contributed by atoms with E-state index in [1.165, 1.54) is 5.56 Å². The molecule has 1 unspecified atom stereocenters. The van der Waals surface area contributed by atoms with Crippen LogP contribution in [0.3, 0.4) is 0 Å². The highest BCUT2D eigenvalue weighted by Crippen LogP contribution is 2.40. The molecule has 0 radical (unpaired) electrons. The number of hydrogen-bond acceptors (Lipinski definition) is 3. The highest BCUT2D eigenvalue weighted by atomic mass is 16.2. The van der Waals surface area contributed by atoms with Crippen LogP contribution in [0.2, 0.25) is 0 Å². The summed E-state index contributed by atoms with van der Waals surface area (Å²) in [5.41, 5.74) is 1.38. The van der Waals surface area contributed by atoms with Crippen molar-refractivity contribution in [3.8, 4) is 0 Å². The Morgan fingerprint density at radius 3 is 2.54 bits per heavy atom. The molecule has 1 spiro atoms. The molecule has 28 heavy (non-hydrogen) atoms. The number of likely N-dealkylation sites (tertiary alicyclic amines) is 2. The molecule has 0 saturated carbocycles. The van der Waals surface area contributed by atoms with Gasteiger partial charge in [0.05, 0.1) is 0 Å². The number of amides is 4. The van der Waals surface area contributed by atoms with Gasteiger partial charge < -0.3 is 20.4 Å². The van der Waals surface area contributed by atoms with Gasteiger partial charge in [0, 0.05) is 39.1 Å². The number of carbonyl (C=O) groups is 3. The second kappa shape index (κ2) is 7.81. The van der Waals surface area contributed by atoms with Crippen LogP contribution in [0.1, 0.15) is 31.2 Å². The van der Waals surface area contributed by atoms with E-state index < -0.39 is 6.04 Å². The Morgan fingerprint density at radius 1 is 1.11 bits per heavy atom. The van der Waals surface area contributed by atoms with Gasteiger partial charge in [-0.05, 0) is 36.7 Å². The van der Waals surface area contributed by atoms with E-state index in [4.69, 9.17) is 0 Å². The minimum atomic E-state index is -0.447. The summed E-state index contributed by atoms with van der Waals surface area (Å²) in [6, 6.07) is 9.56. The second-order valence-electron chi connectivity index (χ2n) is 8.28. The van der Waals surface area contributed by atoms with Gasteiger partial charge in [-0.3, -0.25) is 9.59 Å². The molecule has 3 saturated heterocycles. The summed E-state index contributed by atoms with van der Waals surface area (Å²) in [4.78, 5) is 40.2. The lowest BCUT2D eigenvalue weighted by Crippen LogP contribution is -2.55. The summed E-state index contributed by atoms with van der Waals surface area (Å²) < 4.78 is 0. The lowest BCUT2D eigenvalue weighted by Gasteiger charge is -2.47. The smallest absolute Gasteiger partial charge is 0.315 e. The molecule has 3 fully saturated rings. The Bertz CT molecular complexity index is 743. The summed E-state index contributed by atoms with van der Waals surface area (Å²) in [5, 5.41) is 5.32. The van der Waals surface area contributed by atoms with Crippen LogP contribution in [0.5, 0.6) is 0 Å². The van der Waals surface area contributed by atoms with E-state index in [0.29, 0.717) is 26.1 Å². The van der Waals surface area contributed by atoms with Crippen molar-refractivity contribution in [2.45, 2.75) is 38.1 Å². The quantitative estimate of drug-likeness (QED) is 0.817. The van der Waals surface area contributed by atoms with Crippen LogP contribution in [0.25, 0.3) is 0 Å². The SMILES string of the molecule is O=C1NCC(C(=O)N2CCC3(CCC(=O)N(CCc4ccccc4)C3)CC2)N1. The van der Waals surface area contributed by atoms with Crippen LogP contribution in [0.15, 0.2) is 30.3 Å². The van der Waals surface area contributed by atoms with Gasteiger partial charge in [-0.15, -0.1) is 0 Å². The van der Waals surface area contributed by atoms with E-state index in [2.05, 4.69) is 22.8 Å². The van der Waals surface area contributed by atoms with Gasteiger partial charge in [-0.2, -0.15) is 0 Å². The molecule has 1 aromatic rings. The molecule has 1 atom stereocenters. The van der Waals surface area contributed by atoms with Gasteiger partial charge in [0.1, 0.15) is 6.04 Å². The third-order valence-corrected chi connectivity index (χ3v) is 6.47. The van der Waals surface area contributed by atoms with E-state index >= 15 is 0 Å². The summed E-state index contributed by atoms with van der Waals surface area (Å²) in [6.45, 7) is 3.31. The van der Waals surface area contributed by atoms with E-state index in [9.17, 15) is 14.4 Å². The molecule has 4 amide bonds. The monoisotopic (exact) mass is 384 g/mol. The van der Waals surface area contributed by atoms with Crippen molar-refractivity contribution < 1.29 is 14.4 Å². The maximum absolute atomic E-state index is 12.6. The molecular formula is C21H28N4O3. The van der Waals surface area contributed by atoms with Crippen LogP contribution in [0.4, 0.5) is 4.79 Å². The van der Waals surface area contributed by atoms with E-state index in [0.717, 1.165) is 38.8 Å². The highest BCUT2D eigenvalue weighted by Gasteiger charge is 2.42. The molecule has 4 rings (SSSR count). The van der Waals surface area contributed by atoms with Gasteiger partial charge >= 0.3 is 6.03 Å². The first-order valence-corrected chi connectivity index (χ1v) is 10.2. The Morgan fingerprint density at radius 2 is 1.86 bits per heavy atom. The van der Waals surface area contributed by atoms with Crippen molar-refractivity contribution in [1.29, 1.82) is 0 Å². The fourth-order valence-corrected chi connectivity index (χ4v) is 4.65. The van der Waals surface area contributed by atoms with Crippen LogP contribution in [0, 0.1) is 5.41 Å². The zero-order valence-corrected chi connectivity index (χ0v) is 16.2. The number of rotatable bonds is 4. The first kappa shape index (κ1) is 18.8. The average Bonchev–Trinajstić information content (AvgIpc) is 3.16. The predicted octanol–water partition coefficient (Wildman–Crippen LogP) is 1.14. The van der Waals surface area contributed by atoms with Gasteiger partial charge in [0.15, 0.2) is 0 Å². The molecule has 3 heterocycles.